The van der Waals surface area contributed by atoms with Gasteiger partial charge in [-0.05, 0) is 0 Å². The van der Waals surface area contributed by atoms with Crippen LogP contribution in [-0.2, 0) is 6.42 Å². The number of carbonyl (C=O) groups is 1. The third kappa shape index (κ3) is 4.95. The van der Waals surface area contributed by atoms with Crippen LogP contribution in [0.15, 0.2) is 36.5 Å². The number of nitro groups is 1. The molecular formula is C19H16AsCl2N4O4. The summed E-state index contributed by atoms with van der Waals surface area (Å²) >= 11 is 11.8. The van der Waals surface area contributed by atoms with E-state index in [-0.39, 0.29) is 32.8 Å². The van der Waals surface area contributed by atoms with E-state index < -0.39 is 10.9 Å². The van der Waals surface area contributed by atoms with Crippen LogP contribution in [0.25, 0.3) is 11.1 Å². The number of hydrogen-bond donors (Lipinski definition) is 3. The van der Waals surface area contributed by atoms with Crippen LogP contribution in [-0.4, -0.2) is 41.7 Å². The third-order valence-electron chi connectivity index (χ3n) is 4.34. The fourth-order valence-corrected chi connectivity index (χ4v) is 5.38. The van der Waals surface area contributed by atoms with Crippen LogP contribution in [0.5, 0.6) is 0 Å². The molecule has 0 atom stereocenters. The van der Waals surface area contributed by atoms with Gasteiger partial charge in [0, 0.05) is 0 Å². The average Bonchev–Trinajstić information content (AvgIpc) is 3.09. The molecule has 0 saturated carbocycles. The zero-order chi connectivity index (χ0) is 21.8. The summed E-state index contributed by atoms with van der Waals surface area (Å²) in [5.41, 5.74) is 7.33. The number of aromatic amines is 1. The Balaban J connectivity index is 1.69. The number of pyridine rings is 1. The van der Waals surface area contributed by atoms with Crippen molar-refractivity contribution in [1.82, 2.24) is 9.97 Å². The Bertz CT molecular complexity index is 1120. The molecule has 2 aromatic heterocycles. The zero-order valence-corrected chi connectivity index (χ0v) is 18.8. The second kappa shape index (κ2) is 9.51. The van der Waals surface area contributed by atoms with Gasteiger partial charge in [-0.2, -0.15) is 0 Å². The van der Waals surface area contributed by atoms with E-state index in [2.05, 4.69) is 9.97 Å². The zero-order valence-electron chi connectivity index (χ0n) is 15.4. The van der Waals surface area contributed by atoms with E-state index in [4.69, 9.17) is 28.9 Å². The van der Waals surface area contributed by atoms with Crippen LogP contribution >= 0.6 is 23.2 Å². The number of nitrogens with two attached hydrogens (primary N) is 1. The van der Waals surface area contributed by atoms with Crippen molar-refractivity contribution in [3.05, 3.63) is 67.9 Å². The van der Waals surface area contributed by atoms with Gasteiger partial charge in [-0.25, -0.2) is 0 Å². The summed E-state index contributed by atoms with van der Waals surface area (Å²) in [6.45, 7) is 0. The molecule has 30 heavy (non-hydrogen) atoms. The van der Waals surface area contributed by atoms with Gasteiger partial charge in [-0.1, -0.05) is 0 Å². The number of carboxylic acid groups (broad SMARTS) is 1. The Morgan fingerprint density at radius 2 is 2.03 bits per heavy atom. The van der Waals surface area contributed by atoms with Gasteiger partial charge in [-0.3, -0.25) is 0 Å². The number of nitrogen functional groups attached to an aromatic ring is 1. The summed E-state index contributed by atoms with van der Waals surface area (Å²) in [6.07, 6.45) is 2.90. The number of H-pyrrole nitrogens is 1. The maximum absolute atomic E-state index is 11.9. The Morgan fingerprint density at radius 3 is 2.67 bits per heavy atom. The molecule has 0 saturated heterocycles. The molecule has 155 valence electrons. The SMILES string of the molecule is Nc1nc([As]CCCc2[nH]cc(-c3ccc(Cl)cc3Cl)c2C(=O)O)ccc1[N+](=O)[O-]. The molecule has 0 aliphatic heterocycles. The molecule has 0 fully saturated rings. The van der Waals surface area contributed by atoms with Gasteiger partial charge >= 0.3 is 189 Å². The van der Waals surface area contributed by atoms with Gasteiger partial charge in [-0.15, -0.1) is 0 Å². The first-order valence-corrected chi connectivity index (χ1v) is 11.8. The molecule has 2 heterocycles. The minimum atomic E-state index is -1.04. The number of nitrogens with zero attached hydrogens (tertiary/aromatic N) is 2. The van der Waals surface area contributed by atoms with Gasteiger partial charge in [0.05, 0.1) is 0 Å². The number of carboxylic acids is 1. The van der Waals surface area contributed by atoms with Crippen molar-refractivity contribution in [3.8, 4) is 11.1 Å². The number of nitrogens with one attached hydrogen (secondary N) is 1. The molecule has 0 unspecified atom stereocenters. The molecule has 0 amide bonds. The number of aromatic nitrogens is 2. The quantitative estimate of drug-likeness (QED) is 0.182. The standard InChI is InChI=1S/C19H16AsCl2N4O4/c21-10-3-4-11(13(22)8-10)12-9-24-14(17(12)19(27)28)2-1-7-20-16-6-5-15(26(29)30)18(23)25-16/h3-6,8-9,24H,1-2,7H2,(H2,23,25)(H,27,28). The molecule has 8 nitrogen and oxygen atoms in total. The van der Waals surface area contributed by atoms with Crippen LogP contribution in [0.4, 0.5) is 11.5 Å². The fourth-order valence-electron chi connectivity index (χ4n) is 2.98. The van der Waals surface area contributed by atoms with Crippen molar-refractivity contribution >= 4 is 60.9 Å². The normalized spacial score (nSPS) is 11.3. The molecular weight excluding hydrogens is 494 g/mol. The average molecular weight is 510 g/mol. The summed E-state index contributed by atoms with van der Waals surface area (Å²) < 4.78 is 0.743. The first kappa shape index (κ1) is 22.2. The first-order valence-electron chi connectivity index (χ1n) is 8.75. The van der Waals surface area contributed by atoms with Crippen LogP contribution in [0.2, 0.25) is 15.3 Å². The number of hydrogen-bond acceptors (Lipinski definition) is 5. The molecule has 0 spiro atoms. The number of rotatable bonds is 8. The molecule has 3 aromatic rings. The monoisotopic (exact) mass is 509 g/mol. The number of aryl methyl sites for hydroxylation is 1. The first-order chi connectivity index (χ1) is 14.3. The van der Waals surface area contributed by atoms with Crippen molar-refractivity contribution in [1.29, 1.82) is 0 Å². The summed E-state index contributed by atoms with van der Waals surface area (Å²) in [5, 5.41) is 22.2. The summed E-state index contributed by atoms with van der Waals surface area (Å²) in [5.74, 6) is -1.12. The second-order valence-corrected chi connectivity index (χ2v) is 9.71. The Kier molecular flexibility index (Phi) is 7.02. The molecule has 4 N–H and O–H groups in total. The molecule has 0 bridgehead atoms. The van der Waals surface area contributed by atoms with E-state index in [9.17, 15) is 20.0 Å². The van der Waals surface area contributed by atoms with Crippen molar-refractivity contribution in [2.75, 3.05) is 5.73 Å². The number of benzene rings is 1. The van der Waals surface area contributed by atoms with Crippen molar-refractivity contribution in [3.63, 3.8) is 0 Å². The third-order valence-corrected chi connectivity index (χ3v) is 7.22. The number of halogens is 2. The number of aromatic carboxylic acids is 1. The van der Waals surface area contributed by atoms with E-state index in [1.54, 1.807) is 30.5 Å². The van der Waals surface area contributed by atoms with Crippen molar-refractivity contribution in [2.24, 2.45) is 0 Å². The van der Waals surface area contributed by atoms with E-state index in [0.717, 1.165) is 16.1 Å². The summed E-state index contributed by atoms with van der Waals surface area (Å²) in [6, 6.07) is 7.91. The van der Waals surface area contributed by atoms with Crippen LogP contribution < -0.4 is 10.2 Å². The van der Waals surface area contributed by atoms with Crippen LogP contribution in [0, 0.1) is 10.1 Å². The van der Waals surface area contributed by atoms with Crippen LogP contribution in [0.3, 0.4) is 0 Å². The fraction of sp³-hybridized carbons (Fsp3) is 0.158. The van der Waals surface area contributed by atoms with Gasteiger partial charge in [0.1, 0.15) is 0 Å². The molecule has 3 rings (SSSR count). The van der Waals surface area contributed by atoms with E-state index in [0.29, 0.717) is 33.3 Å². The molecule has 1 radical (unpaired) electrons. The Morgan fingerprint density at radius 1 is 1.27 bits per heavy atom. The molecule has 1 aromatic carbocycles. The molecule has 11 heteroatoms. The molecule has 0 aliphatic carbocycles. The minimum absolute atomic E-state index is 0.0881. The topological polar surface area (TPSA) is 135 Å². The Labute approximate surface area is 188 Å². The van der Waals surface area contributed by atoms with Gasteiger partial charge in [0.25, 0.3) is 0 Å². The van der Waals surface area contributed by atoms with E-state index in [1.165, 1.54) is 6.07 Å². The van der Waals surface area contributed by atoms with Gasteiger partial charge < -0.3 is 0 Å². The van der Waals surface area contributed by atoms with Gasteiger partial charge in [0.15, 0.2) is 0 Å². The maximum atomic E-state index is 11.9. The van der Waals surface area contributed by atoms with E-state index >= 15 is 0 Å². The van der Waals surface area contributed by atoms with Crippen molar-refractivity contribution in [2.45, 2.75) is 18.1 Å². The number of anilines is 1. The predicted octanol–water partition coefficient (Wildman–Crippen LogP) is 3.95. The summed E-state index contributed by atoms with van der Waals surface area (Å²) in [4.78, 5) is 29.3. The van der Waals surface area contributed by atoms with Crippen LogP contribution in [0.1, 0.15) is 22.5 Å². The Hall–Kier alpha value is -2.54. The van der Waals surface area contributed by atoms with E-state index in [1.807, 2.05) is 0 Å². The molecule has 0 aliphatic rings. The second-order valence-electron chi connectivity index (χ2n) is 6.30. The van der Waals surface area contributed by atoms with Gasteiger partial charge in [0.2, 0.25) is 0 Å². The summed E-state index contributed by atoms with van der Waals surface area (Å²) in [7, 11) is 0. The predicted molar refractivity (Wildman–Crippen MR) is 117 cm³/mol. The van der Waals surface area contributed by atoms with Crippen molar-refractivity contribution < 1.29 is 14.8 Å².